The summed E-state index contributed by atoms with van der Waals surface area (Å²) >= 11 is 6.17. The van der Waals surface area contributed by atoms with Gasteiger partial charge in [-0.1, -0.05) is 45.4 Å². The van der Waals surface area contributed by atoms with Crippen molar-refractivity contribution in [2.24, 2.45) is 0 Å². The molecule has 0 aliphatic carbocycles. The zero-order valence-electron chi connectivity index (χ0n) is 24.4. The molecule has 0 unspecified atom stereocenters. The Kier molecular flexibility index (Phi) is 12.0. The highest BCUT2D eigenvalue weighted by molar-refractivity contribution is 6.29. The molecule has 42 heavy (non-hydrogen) atoms. The average molecular weight is 609 g/mol. The van der Waals surface area contributed by atoms with Crippen LogP contribution in [0.4, 0.5) is 23.2 Å². The van der Waals surface area contributed by atoms with Gasteiger partial charge in [-0.05, 0) is 32.4 Å². The van der Waals surface area contributed by atoms with Gasteiger partial charge in [0, 0.05) is 41.9 Å². The summed E-state index contributed by atoms with van der Waals surface area (Å²) in [6.07, 6.45) is 2.88. The van der Waals surface area contributed by atoms with Crippen LogP contribution in [0, 0.1) is 18.6 Å². The van der Waals surface area contributed by atoms with Crippen molar-refractivity contribution < 1.29 is 27.1 Å². The van der Waals surface area contributed by atoms with Gasteiger partial charge in [0.1, 0.15) is 29.7 Å². The highest BCUT2D eigenvalue weighted by Crippen LogP contribution is 2.29. The summed E-state index contributed by atoms with van der Waals surface area (Å²) in [7, 11) is 0. The van der Waals surface area contributed by atoms with Crippen LogP contribution in [0.15, 0.2) is 70.2 Å². The van der Waals surface area contributed by atoms with Crippen molar-refractivity contribution >= 4 is 23.7 Å². The molecule has 3 heterocycles. The molecule has 0 fully saturated rings. The summed E-state index contributed by atoms with van der Waals surface area (Å²) in [4.78, 5) is 34.5. The van der Waals surface area contributed by atoms with Crippen LogP contribution in [0.5, 0.6) is 0 Å². The maximum absolute atomic E-state index is 14.0. The quantitative estimate of drug-likeness (QED) is 0.104. The number of carbonyl (C=O) groups is 1. The molecule has 226 valence electrons. The summed E-state index contributed by atoms with van der Waals surface area (Å²) < 4.78 is 61.2. The molecular weight excluding hydrogens is 576 g/mol. The number of aryl methyl sites for hydroxylation is 1. The Morgan fingerprint density at radius 2 is 1.83 bits per heavy atom. The predicted molar refractivity (Wildman–Crippen MR) is 155 cm³/mol. The van der Waals surface area contributed by atoms with Gasteiger partial charge < -0.3 is 4.74 Å². The Balaban J connectivity index is 0.00000301. The Morgan fingerprint density at radius 3 is 2.40 bits per heavy atom. The number of allylic oxidation sites excluding steroid dienone is 3. The molecule has 0 aromatic carbocycles. The van der Waals surface area contributed by atoms with Gasteiger partial charge in [-0.3, -0.25) is 24.0 Å². The zero-order valence-corrected chi connectivity index (χ0v) is 25.1. The monoisotopic (exact) mass is 608 g/mol. The lowest BCUT2D eigenvalue weighted by Crippen LogP contribution is -2.36. The number of hydrogen-bond donors (Lipinski definition) is 0. The van der Waals surface area contributed by atoms with Crippen LogP contribution in [-0.4, -0.2) is 27.4 Å². The minimum atomic E-state index is -2.78. The molecule has 1 amide bonds. The normalized spacial score (nSPS) is 12.4. The first-order valence-electron chi connectivity index (χ1n) is 13.0. The van der Waals surface area contributed by atoms with Gasteiger partial charge in [0.15, 0.2) is 5.82 Å². The van der Waals surface area contributed by atoms with E-state index in [0.717, 1.165) is 10.8 Å². The third kappa shape index (κ3) is 7.84. The van der Waals surface area contributed by atoms with Gasteiger partial charge in [-0.15, -0.1) is 0 Å². The number of aromatic nitrogens is 3. The van der Waals surface area contributed by atoms with Crippen molar-refractivity contribution in [3.63, 3.8) is 0 Å². The van der Waals surface area contributed by atoms with E-state index in [1.54, 1.807) is 13.8 Å². The van der Waals surface area contributed by atoms with Crippen molar-refractivity contribution in [3.8, 4) is 5.82 Å². The fourth-order valence-corrected chi connectivity index (χ4v) is 3.81. The number of rotatable bonds is 10. The van der Waals surface area contributed by atoms with Gasteiger partial charge in [0.25, 0.3) is 5.56 Å². The molecule has 0 radical (unpaired) electrons. The average Bonchev–Trinajstić information content (AvgIpc) is 2.94. The van der Waals surface area contributed by atoms with E-state index >= 15 is 0 Å². The Bertz CT molecular complexity index is 1530. The number of hydrogen-bond acceptors (Lipinski definition) is 5. The Labute approximate surface area is 247 Å². The summed E-state index contributed by atoms with van der Waals surface area (Å²) in [6, 6.07) is 4.97. The molecular formula is C30H33ClF4N4O3. The molecule has 0 saturated carbocycles. The molecule has 3 rings (SSSR count). The first-order chi connectivity index (χ1) is 19.8. The van der Waals surface area contributed by atoms with E-state index in [1.165, 1.54) is 62.3 Å². The number of carbonyl (C=O) groups excluding carboxylic acids is 1. The molecule has 3 aromatic heterocycles. The molecule has 0 saturated heterocycles. The van der Waals surface area contributed by atoms with E-state index in [4.69, 9.17) is 16.3 Å². The molecule has 0 aliphatic heterocycles. The second-order valence-electron chi connectivity index (χ2n) is 9.48. The lowest BCUT2D eigenvalue weighted by molar-refractivity contribution is -0.107. The zero-order chi connectivity index (χ0) is 31.8. The van der Waals surface area contributed by atoms with Crippen LogP contribution in [0.2, 0.25) is 0 Å². The second kappa shape index (κ2) is 14.8. The van der Waals surface area contributed by atoms with Crippen LogP contribution in [0.25, 0.3) is 5.82 Å². The molecule has 0 atom stereocenters. The number of ether oxygens (including phenoxy) is 1. The number of alkyl halides is 2. The fourth-order valence-electron chi connectivity index (χ4n) is 3.70. The van der Waals surface area contributed by atoms with Crippen molar-refractivity contribution in [2.45, 2.75) is 66.9 Å². The molecule has 3 aromatic rings. The first kappa shape index (κ1) is 34.2. The molecule has 7 nitrogen and oxygen atoms in total. The minimum absolute atomic E-state index is 0.0890. The van der Waals surface area contributed by atoms with Crippen LogP contribution < -0.4 is 10.5 Å². The van der Waals surface area contributed by atoms with E-state index in [0.29, 0.717) is 29.4 Å². The third-order valence-corrected chi connectivity index (χ3v) is 6.35. The minimum Gasteiger partial charge on any atom is -0.486 e. The van der Waals surface area contributed by atoms with Gasteiger partial charge >= 0.3 is 0 Å². The summed E-state index contributed by atoms with van der Waals surface area (Å²) in [5, 5.41) is 0.185. The highest BCUT2D eigenvalue weighted by Gasteiger charge is 2.34. The molecule has 0 aliphatic rings. The number of nitrogens with zero attached hydrogens (tertiary/aromatic N) is 4. The Hall–Kier alpha value is -3.99. The van der Waals surface area contributed by atoms with Crippen LogP contribution in [0.1, 0.15) is 58.4 Å². The van der Waals surface area contributed by atoms with Crippen molar-refractivity contribution in [1.82, 2.24) is 14.5 Å². The lowest BCUT2D eigenvalue weighted by atomic mass is 9.86. The van der Waals surface area contributed by atoms with Crippen LogP contribution >= 0.6 is 11.6 Å². The maximum Gasteiger partial charge on any atom is 0.260 e. The third-order valence-electron chi connectivity index (χ3n) is 6.17. The maximum atomic E-state index is 14.0. The summed E-state index contributed by atoms with van der Waals surface area (Å²) in [6.45, 7) is 11.0. The van der Waals surface area contributed by atoms with Crippen molar-refractivity contribution in [2.75, 3.05) is 4.90 Å². The molecule has 12 heteroatoms. The van der Waals surface area contributed by atoms with E-state index < -0.39 is 29.0 Å². The van der Waals surface area contributed by atoms with E-state index in [-0.39, 0.29) is 34.5 Å². The largest absolute Gasteiger partial charge is 0.486 e. The fraction of sp³-hybridized carbons (Fsp3) is 0.333. The lowest BCUT2D eigenvalue weighted by Gasteiger charge is -2.24. The van der Waals surface area contributed by atoms with E-state index in [1.807, 2.05) is 13.8 Å². The molecule has 0 spiro atoms. The Morgan fingerprint density at radius 1 is 1.17 bits per heavy atom. The SMILES string of the molecule is C/C(=C/C(OCc1ncc(F)cc1F)=C(\C)Cl)N(C=O)c1cc(-n2cccc(C(C)(C)C(F)F)c2=O)ncc1C.CC. The van der Waals surface area contributed by atoms with Gasteiger partial charge in [0.2, 0.25) is 12.8 Å². The van der Waals surface area contributed by atoms with Gasteiger partial charge in [-0.2, -0.15) is 0 Å². The molecule has 0 bridgehead atoms. The van der Waals surface area contributed by atoms with Crippen molar-refractivity contribution in [3.05, 3.63) is 104 Å². The standard InChI is InChI=1S/C28H27ClF4N4O3.C2H6/c1-16-12-35-25(36-8-6-7-20(26(36)39)28(4,5)27(32)33)11-23(16)37(15-38)17(2)9-24(18(3)29)40-14-22-21(31)10-19(30)13-34-22;1-2/h6-13,15,27H,14H2,1-5H3;1-2H3/b17-9-,24-18-;. The predicted octanol–water partition coefficient (Wildman–Crippen LogP) is 7.34. The van der Waals surface area contributed by atoms with E-state index in [2.05, 4.69) is 9.97 Å². The number of amides is 1. The topological polar surface area (TPSA) is 77.3 Å². The van der Waals surface area contributed by atoms with Gasteiger partial charge in [0.05, 0.1) is 22.3 Å². The van der Waals surface area contributed by atoms with Crippen molar-refractivity contribution in [1.29, 1.82) is 0 Å². The summed E-state index contributed by atoms with van der Waals surface area (Å²) in [5.41, 5.74) is -1.36. The number of halogens is 5. The van der Waals surface area contributed by atoms with Crippen LogP contribution in [0.3, 0.4) is 0 Å². The summed E-state index contributed by atoms with van der Waals surface area (Å²) in [5.74, 6) is -1.52. The highest BCUT2D eigenvalue weighted by atomic mass is 35.5. The van der Waals surface area contributed by atoms with Gasteiger partial charge in [-0.25, -0.2) is 22.5 Å². The molecule has 0 N–H and O–H groups in total. The number of pyridine rings is 3. The number of anilines is 1. The van der Waals surface area contributed by atoms with Crippen LogP contribution in [-0.2, 0) is 21.6 Å². The smallest absolute Gasteiger partial charge is 0.260 e. The second-order valence-corrected chi connectivity index (χ2v) is 10.0. The first-order valence-corrected chi connectivity index (χ1v) is 13.3. The van der Waals surface area contributed by atoms with E-state index in [9.17, 15) is 27.2 Å².